The number of rotatable bonds is 7. The minimum Gasteiger partial charge on any atom is -0.351 e. The summed E-state index contributed by atoms with van der Waals surface area (Å²) in [5, 5.41) is 5.59. The third-order valence-corrected chi connectivity index (χ3v) is 3.73. The number of hydrogen-bond donors (Lipinski definition) is 2. The van der Waals surface area contributed by atoms with Crippen LogP contribution in [0.1, 0.15) is 41.3 Å². The van der Waals surface area contributed by atoms with Crippen molar-refractivity contribution in [2.75, 3.05) is 6.54 Å². The highest BCUT2D eigenvalue weighted by molar-refractivity contribution is 6.05. The molecule has 0 aromatic heterocycles. The molecular formula is C21H24N2O2. The number of nitrogens with one attached hydrogen (secondary N) is 2. The molecule has 2 N–H and O–H groups in total. The third-order valence-electron chi connectivity index (χ3n) is 3.73. The van der Waals surface area contributed by atoms with E-state index in [9.17, 15) is 9.59 Å². The Bertz CT molecular complexity index is 734. The van der Waals surface area contributed by atoms with Crippen molar-refractivity contribution in [3.05, 3.63) is 77.0 Å². The summed E-state index contributed by atoms with van der Waals surface area (Å²) in [4.78, 5) is 24.9. The average molecular weight is 336 g/mol. The van der Waals surface area contributed by atoms with Crippen molar-refractivity contribution in [3.8, 4) is 0 Å². The van der Waals surface area contributed by atoms with Gasteiger partial charge >= 0.3 is 0 Å². The number of aryl methyl sites for hydroxylation is 1. The van der Waals surface area contributed by atoms with Crippen LogP contribution < -0.4 is 10.6 Å². The van der Waals surface area contributed by atoms with E-state index in [2.05, 4.69) is 17.6 Å². The van der Waals surface area contributed by atoms with Gasteiger partial charge in [-0.15, -0.1) is 0 Å². The number of unbranched alkanes of at least 4 members (excludes halogenated alkanes) is 1. The Kier molecular flexibility index (Phi) is 6.96. The predicted octanol–water partition coefficient (Wildman–Crippen LogP) is 3.68. The van der Waals surface area contributed by atoms with Gasteiger partial charge in [-0.2, -0.15) is 0 Å². The highest BCUT2D eigenvalue weighted by Gasteiger charge is 2.14. The van der Waals surface area contributed by atoms with Crippen LogP contribution in [0.4, 0.5) is 0 Å². The largest absolute Gasteiger partial charge is 0.351 e. The second kappa shape index (κ2) is 9.42. The molecule has 4 nitrogen and oxygen atoms in total. The maximum absolute atomic E-state index is 12.5. The van der Waals surface area contributed by atoms with Crippen LogP contribution in [-0.4, -0.2) is 18.4 Å². The summed E-state index contributed by atoms with van der Waals surface area (Å²) in [7, 11) is 0. The van der Waals surface area contributed by atoms with Crippen LogP contribution in [-0.2, 0) is 4.79 Å². The lowest BCUT2D eigenvalue weighted by Crippen LogP contribution is -2.35. The van der Waals surface area contributed by atoms with Crippen LogP contribution >= 0.6 is 0 Å². The summed E-state index contributed by atoms with van der Waals surface area (Å²) in [6.45, 7) is 4.61. The minimum atomic E-state index is -0.298. The number of carbonyl (C=O) groups is 2. The normalized spacial score (nSPS) is 11.0. The average Bonchev–Trinajstić information content (AvgIpc) is 2.62. The molecule has 0 saturated heterocycles. The molecule has 2 rings (SSSR count). The van der Waals surface area contributed by atoms with Gasteiger partial charge in [0.15, 0.2) is 0 Å². The number of carbonyl (C=O) groups excluding carboxylic acids is 2. The molecule has 0 heterocycles. The van der Waals surface area contributed by atoms with Crippen LogP contribution in [0.5, 0.6) is 0 Å². The molecule has 0 spiro atoms. The lowest BCUT2D eigenvalue weighted by Gasteiger charge is -2.11. The zero-order chi connectivity index (χ0) is 18.1. The first-order valence-electron chi connectivity index (χ1n) is 8.53. The van der Waals surface area contributed by atoms with Gasteiger partial charge in [0.1, 0.15) is 5.70 Å². The molecular weight excluding hydrogens is 312 g/mol. The fourth-order valence-corrected chi connectivity index (χ4v) is 2.25. The molecule has 0 aliphatic rings. The van der Waals surface area contributed by atoms with E-state index in [1.54, 1.807) is 18.2 Å². The van der Waals surface area contributed by atoms with E-state index in [-0.39, 0.29) is 17.5 Å². The van der Waals surface area contributed by atoms with Crippen molar-refractivity contribution in [2.45, 2.75) is 26.7 Å². The SMILES string of the molecule is CCCCNC(=O)/C(=C/c1ccccc1)NC(=O)c1ccc(C)cc1. The van der Waals surface area contributed by atoms with Crippen molar-refractivity contribution in [2.24, 2.45) is 0 Å². The van der Waals surface area contributed by atoms with Crippen LogP contribution in [0.25, 0.3) is 6.08 Å². The molecule has 0 unspecified atom stereocenters. The van der Waals surface area contributed by atoms with E-state index >= 15 is 0 Å². The molecule has 2 amide bonds. The fraction of sp³-hybridized carbons (Fsp3) is 0.238. The second-order valence-corrected chi connectivity index (χ2v) is 5.90. The van der Waals surface area contributed by atoms with Crippen molar-refractivity contribution >= 4 is 17.9 Å². The van der Waals surface area contributed by atoms with E-state index in [1.165, 1.54) is 0 Å². The monoisotopic (exact) mass is 336 g/mol. The molecule has 0 saturated carbocycles. The van der Waals surface area contributed by atoms with E-state index in [4.69, 9.17) is 0 Å². The Morgan fingerprint density at radius 3 is 2.32 bits per heavy atom. The molecule has 0 bridgehead atoms. The minimum absolute atomic E-state index is 0.243. The smallest absolute Gasteiger partial charge is 0.267 e. The summed E-state index contributed by atoms with van der Waals surface area (Å²) in [6.07, 6.45) is 3.58. The highest BCUT2D eigenvalue weighted by Crippen LogP contribution is 2.08. The Morgan fingerprint density at radius 1 is 1.00 bits per heavy atom. The second-order valence-electron chi connectivity index (χ2n) is 5.90. The molecule has 2 aromatic rings. The number of hydrogen-bond acceptors (Lipinski definition) is 2. The fourth-order valence-electron chi connectivity index (χ4n) is 2.25. The van der Waals surface area contributed by atoms with Gasteiger partial charge < -0.3 is 10.6 Å². The van der Waals surface area contributed by atoms with Gasteiger partial charge in [0, 0.05) is 12.1 Å². The van der Waals surface area contributed by atoms with Crippen LogP contribution in [0.15, 0.2) is 60.3 Å². The van der Waals surface area contributed by atoms with E-state index in [0.29, 0.717) is 12.1 Å². The Balaban J connectivity index is 2.18. The van der Waals surface area contributed by atoms with Gasteiger partial charge in [0.25, 0.3) is 11.8 Å². The standard InChI is InChI=1S/C21H24N2O2/c1-3-4-14-22-21(25)19(15-17-8-6-5-7-9-17)23-20(24)18-12-10-16(2)11-13-18/h5-13,15H,3-4,14H2,1-2H3,(H,22,25)(H,23,24)/b19-15-. The predicted molar refractivity (Wildman–Crippen MR) is 101 cm³/mol. The first kappa shape index (κ1) is 18.5. The Morgan fingerprint density at radius 2 is 1.68 bits per heavy atom. The molecule has 25 heavy (non-hydrogen) atoms. The first-order valence-corrected chi connectivity index (χ1v) is 8.53. The van der Waals surface area contributed by atoms with Crippen molar-refractivity contribution in [3.63, 3.8) is 0 Å². The lowest BCUT2D eigenvalue weighted by molar-refractivity contribution is -0.117. The first-order chi connectivity index (χ1) is 12.1. The quantitative estimate of drug-likeness (QED) is 0.598. The number of benzene rings is 2. The van der Waals surface area contributed by atoms with Crippen molar-refractivity contribution in [1.29, 1.82) is 0 Å². The molecule has 0 atom stereocenters. The van der Waals surface area contributed by atoms with E-state index in [0.717, 1.165) is 24.0 Å². The molecule has 0 aliphatic heterocycles. The zero-order valence-electron chi connectivity index (χ0n) is 14.7. The summed E-state index contributed by atoms with van der Waals surface area (Å²) in [6, 6.07) is 16.7. The Hall–Kier alpha value is -2.88. The Labute approximate surface area is 149 Å². The van der Waals surface area contributed by atoms with E-state index < -0.39 is 0 Å². The van der Waals surface area contributed by atoms with Gasteiger partial charge in [-0.25, -0.2) is 0 Å². The summed E-state index contributed by atoms with van der Waals surface area (Å²) in [5.41, 5.74) is 2.69. The summed E-state index contributed by atoms with van der Waals surface area (Å²) < 4.78 is 0. The van der Waals surface area contributed by atoms with Crippen molar-refractivity contribution in [1.82, 2.24) is 10.6 Å². The molecule has 0 fully saturated rings. The molecule has 4 heteroatoms. The summed E-state index contributed by atoms with van der Waals surface area (Å²) >= 11 is 0. The molecule has 130 valence electrons. The zero-order valence-corrected chi connectivity index (χ0v) is 14.7. The topological polar surface area (TPSA) is 58.2 Å². The van der Waals surface area contributed by atoms with Gasteiger partial charge in [-0.3, -0.25) is 9.59 Å². The molecule has 0 radical (unpaired) electrons. The van der Waals surface area contributed by atoms with Crippen LogP contribution in [0.3, 0.4) is 0 Å². The lowest BCUT2D eigenvalue weighted by atomic mass is 10.1. The van der Waals surface area contributed by atoms with Crippen molar-refractivity contribution < 1.29 is 9.59 Å². The van der Waals surface area contributed by atoms with Gasteiger partial charge in [0.05, 0.1) is 0 Å². The van der Waals surface area contributed by atoms with E-state index in [1.807, 2.05) is 49.4 Å². The maximum atomic E-state index is 12.5. The van der Waals surface area contributed by atoms with Gasteiger partial charge in [-0.1, -0.05) is 61.4 Å². The maximum Gasteiger partial charge on any atom is 0.267 e. The highest BCUT2D eigenvalue weighted by atomic mass is 16.2. The molecule has 0 aliphatic carbocycles. The summed E-state index contributed by atoms with van der Waals surface area (Å²) in [5.74, 6) is -0.578. The van der Waals surface area contributed by atoms with Gasteiger partial charge in [-0.05, 0) is 37.1 Å². The van der Waals surface area contributed by atoms with Gasteiger partial charge in [0.2, 0.25) is 0 Å². The number of amides is 2. The van der Waals surface area contributed by atoms with Crippen LogP contribution in [0.2, 0.25) is 0 Å². The van der Waals surface area contributed by atoms with Crippen LogP contribution in [0, 0.1) is 6.92 Å². The molecule has 2 aromatic carbocycles. The third kappa shape index (κ3) is 5.92.